The molecule has 1 saturated heterocycles. The Labute approximate surface area is 176 Å². The van der Waals surface area contributed by atoms with Crippen LogP contribution in [0.15, 0.2) is 24.3 Å². The first kappa shape index (κ1) is 23.0. The minimum absolute atomic E-state index is 0.0286. The maximum absolute atomic E-state index is 13.2. The summed E-state index contributed by atoms with van der Waals surface area (Å²) in [5.74, 6) is -0.153. The fourth-order valence-electron chi connectivity index (χ4n) is 4.70. The topological polar surface area (TPSA) is 44.8 Å². The first-order chi connectivity index (χ1) is 14.3. The molecular formula is C22H32F3N3O2. The van der Waals surface area contributed by atoms with Gasteiger partial charge in [0.15, 0.2) is 0 Å². The normalized spacial score (nSPS) is 20.3. The number of carbonyl (C=O) groups excluding carboxylic acids is 1. The molecule has 0 atom stereocenters. The van der Waals surface area contributed by atoms with E-state index in [0.717, 1.165) is 58.1 Å². The van der Waals surface area contributed by atoms with Crippen molar-refractivity contribution in [2.24, 2.45) is 0 Å². The molecule has 8 heteroatoms. The molecule has 1 amide bonds. The van der Waals surface area contributed by atoms with Crippen LogP contribution in [-0.4, -0.2) is 67.7 Å². The molecule has 30 heavy (non-hydrogen) atoms. The summed E-state index contributed by atoms with van der Waals surface area (Å²) in [6.45, 7) is 3.91. The van der Waals surface area contributed by atoms with Crippen molar-refractivity contribution in [1.82, 2.24) is 15.1 Å². The monoisotopic (exact) mass is 427 g/mol. The Bertz CT molecular complexity index is 699. The summed E-state index contributed by atoms with van der Waals surface area (Å²) in [4.78, 5) is 16.7. The molecule has 2 aliphatic rings. The second-order valence-electron chi connectivity index (χ2n) is 8.49. The maximum Gasteiger partial charge on any atom is 0.416 e. The molecule has 0 spiro atoms. The second kappa shape index (κ2) is 10.1. The number of hydrogen-bond acceptors (Lipinski definition) is 4. The molecule has 1 aliphatic carbocycles. The first-order valence-electron chi connectivity index (χ1n) is 10.7. The Hall–Kier alpha value is -1.64. The fraction of sp³-hybridized carbons (Fsp3) is 0.682. The van der Waals surface area contributed by atoms with Crippen LogP contribution in [0, 0.1) is 0 Å². The molecule has 1 aliphatic heterocycles. The van der Waals surface area contributed by atoms with Crippen molar-refractivity contribution in [3.05, 3.63) is 35.4 Å². The number of halogens is 3. The highest BCUT2D eigenvalue weighted by Crippen LogP contribution is 2.34. The van der Waals surface area contributed by atoms with E-state index in [-0.39, 0.29) is 30.1 Å². The zero-order valence-electron chi connectivity index (χ0n) is 17.6. The smallest absolute Gasteiger partial charge is 0.379 e. The number of alkyl halides is 3. The lowest BCUT2D eigenvalue weighted by atomic mass is 9.79. The lowest BCUT2D eigenvalue weighted by molar-refractivity contribution is -0.138. The van der Waals surface area contributed by atoms with Gasteiger partial charge in [0.25, 0.3) is 0 Å². The van der Waals surface area contributed by atoms with E-state index in [1.165, 1.54) is 18.6 Å². The van der Waals surface area contributed by atoms with Gasteiger partial charge in [-0.05, 0) is 31.5 Å². The third kappa shape index (κ3) is 5.95. The van der Waals surface area contributed by atoms with Gasteiger partial charge in [-0.1, -0.05) is 37.5 Å². The van der Waals surface area contributed by atoms with Gasteiger partial charge < -0.3 is 10.1 Å². The zero-order chi connectivity index (χ0) is 21.6. The predicted octanol–water partition coefficient (Wildman–Crippen LogP) is 3.29. The summed E-state index contributed by atoms with van der Waals surface area (Å²) in [7, 11) is 1.67. The van der Waals surface area contributed by atoms with Gasteiger partial charge in [-0.15, -0.1) is 0 Å². The van der Waals surface area contributed by atoms with Gasteiger partial charge in [0.1, 0.15) is 0 Å². The van der Waals surface area contributed by atoms with E-state index in [0.29, 0.717) is 6.54 Å². The number of nitrogens with zero attached hydrogens (tertiary/aromatic N) is 2. The van der Waals surface area contributed by atoms with Gasteiger partial charge in [0, 0.05) is 31.7 Å². The van der Waals surface area contributed by atoms with Crippen LogP contribution in [0.5, 0.6) is 0 Å². The summed E-state index contributed by atoms with van der Waals surface area (Å²) in [6, 6.07) is 5.52. The van der Waals surface area contributed by atoms with Gasteiger partial charge in [0.2, 0.25) is 5.91 Å². The summed E-state index contributed by atoms with van der Waals surface area (Å²) < 4.78 is 45.1. The maximum atomic E-state index is 13.2. The SMILES string of the molecule is CN(CC(=O)NCC1(N2CCOCC2)CCCCC1)Cc1ccccc1C(F)(F)F. The van der Waals surface area contributed by atoms with Crippen molar-refractivity contribution >= 4 is 5.91 Å². The van der Waals surface area contributed by atoms with E-state index in [2.05, 4.69) is 10.2 Å². The average Bonchev–Trinajstić information content (AvgIpc) is 2.73. The molecule has 1 aromatic rings. The van der Waals surface area contributed by atoms with E-state index in [9.17, 15) is 18.0 Å². The minimum atomic E-state index is -4.40. The molecule has 0 unspecified atom stereocenters. The van der Waals surface area contributed by atoms with Crippen LogP contribution in [0.1, 0.15) is 43.2 Å². The molecule has 1 heterocycles. The van der Waals surface area contributed by atoms with E-state index in [1.54, 1.807) is 18.0 Å². The van der Waals surface area contributed by atoms with E-state index < -0.39 is 11.7 Å². The fourth-order valence-corrected chi connectivity index (χ4v) is 4.70. The molecule has 1 N–H and O–H groups in total. The minimum Gasteiger partial charge on any atom is -0.379 e. The number of likely N-dealkylation sites (N-methyl/N-ethyl adjacent to an activating group) is 1. The van der Waals surface area contributed by atoms with Crippen molar-refractivity contribution < 1.29 is 22.7 Å². The van der Waals surface area contributed by atoms with Crippen LogP contribution in [0.4, 0.5) is 13.2 Å². The Morgan fingerprint density at radius 3 is 2.50 bits per heavy atom. The van der Waals surface area contributed by atoms with Gasteiger partial charge >= 0.3 is 6.18 Å². The van der Waals surface area contributed by atoms with Crippen LogP contribution < -0.4 is 5.32 Å². The molecular weight excluding hydrogens is 395 g/mol. The largest absolute Gasteiger partial charge is 0.416 e. The van der Waals surface area contributed by atoms with Crippen molar-refractivity contribution in [1.29, 1.82) is 0 Å². The molecule has 1 saturated carbocycles. The Balaban J connectivity index is 1.56. The number of benzene rings is 1. The lowest BCUT2D eigenvalue weighted by Crippen LogP contribution is -2.60. The summed E-state index contributed by atoms with van der Waals surface area (Å²) in [6.07, 6.45) is 1.25. The van der Waals surface area contributed by atoms with E-state index in [1.807, 2.05) is 0 Å². The molecule has 0 radical (unpaired) electrons. The van der Waals surface area contributed by atoms with Crippen LogP contribution in [0.2, 0.25) is 0 Å². The second-order valence-corrected chi connectivity index (χ2v) is 8.49. The molecule has 168 valence electrons. The zero-order valence-corrected chi connectivity index (χ0v) is 17.6. The molecule has 2 fully saturated rings. The summed E-state index contributed by atoms with van der Waals surface area (Å²) in [5.41, 5.74) is -0.498. The molecule has 0 aromatic heterocycles. The van der Waals surface area contributed by atoms with Gasteiger partial charge in [0.05, 0.1) is 25.3 Å². The third-order valence-corrected chi connectivity index (χ3v) is 6.26. The number of morpholine rings is 1. The molecule has 3 rings (SSSR count). The van der Waals surface area contributed by atoms with Crippen LogP contribution in [0.25, 0.3) is 0 Å². The van der Waals surface area contributed by atoms with Crippen molar-refractivity contribution in [3.63, 3.8) is 0 Å². The highest BCUT2D eigenvalue weighted by molar-refractivity contribution is 5.78. The summed E-state index contributed by atoms with van der Waals surface area (Å²) >= 11 is 0. The van der Waals surface area contributed by atoms with Gasteiger partial charge in [-0.3, -0.25) is 14.6 Å². The van der Waals surface area contributed by atoms with Gasteiger partial charge in [-0.2, -0.15) is 13.2 Å². The van der Waals surface area contributed by atoms with Crippen LogP contribution in [-0.2, 0) is 22.3 Å². The number of carbonyl (C=O) groups is 1. The predicted molar refractivity (Wildman–Crippen MR) is 109 cm³/mol. The van der Waals surface area contributed by atoms with Crippen LogP contribution in [0.3, 0.4) is 0 Å². The highest BCUT2D eigenvalue weighted by atomic mass is 19.4. The number of nitrogens with one attached hydrogen (secondary N) is 1. The number of amides is 1. The van der Waals surface area contributed by atoms with Crippen molar-refractivity contribution in [2.75, 3.05) is 46.4 Å². The third-order valence-electron chi connectivity index (χ3n) is 6.26. The quantitative estimate of drug-likeness (QED) is 0.726. The van der Waals surface area contributed by atoms with Gasteiger partial charge in [-0.25, -0.2) is 0 Å². The Kier molecular flexibility index (Phi) is 7.76. The average molecular weight is 428 g/mol. The van der Waals surface area contributed by atoms with Crippen molar-refractivity contribution in [2.45, 2.75) is 50.4 Å². The number of ether oxygens (including phenoxy) is 1. The lowest BCUT2D eigenvalue weighted by Gasteiger charge is -2.48. The molecule has 1 aromatic carbocycles. The Morgan fingerprint density at radius 2 is 1.83 bits per heavy atom. The van der Waals surface area contributed by atoms with Crippen molar-refractivity contribution in [3.8, 4) is 0 Å². The highest BCUT2D eigenvalue weighted by Gasteiger charge is 2.39. The number of hydrogen-bond donors (Lipinski definition) is 1. The molecule has 0 bridgehead atoms. The number of rotatable bonds is 7. The first-order valence-corrected chi connectivity index (χ1v) is 10.7. The molecule has 5 nitrogen and oxygen atoms in total. The van der Waals surface area contributed by atoms with E-state index >= 15 is 0 Å². The standard InChI is InChI=1S/C22H32F3N3O2/c1-27(15-18-7-3-4-8-19(18)22(23,24)25)16-20(29)26-17-21(9-5-2-6-10-21)28-11-13-30-14-12-28/h3-4,7-8H,2,5-6,9-17H2,1H3,(H,26,29). The summed E-state index contributed by atoms with van der Waals surface area (Å²) in [5, 5.41) is 3.07. The Morgan fingerprint density at radius 1 is 1.17 bits per heavy atom. The van der Waals surface area contributed by atoms with E-state index in [4.69, 9.17) is 4.74 Å². The van der Waals surface area contributed by atoms with Crippen LogP contribution >= 0.6 is 0 Å².